The Labute approximate surface area is 176 Å². The van der Waals surface area contributed by atoms with E-state index in [0.29, 0.717) is 23.3 Å². The topological polar surface area (TPSA) is 104 Å². The molecule has 164 valence electrons. The molecule has 0 bridgehead atoms. The molecule has 0 saturated heterocycles. The van der Waals surface area contributed by atoms with Gasteiger partial charge in [-0.15, -0.1) is 0 Å². The molecule has 3 aromatic heterocycles. The number of rotatable bonds is 7. The third kappa shape index (κ3) is 4.61. The molecule has 0 radical (unpaired) electrons. The van der Waals surface area contributed by atoms with Crippen LogP contribution in [0.2, 0.25) is 0 Å². The van der Waals surface area contributed by atoms with Crippen molar-refractivity contribution in [3.05, 3.63) is 30.4 Å². The van der Waals surface area contributed by atoms with E-state index in [9.17, 15) is 13.6 Å². The van der Waals surface area contributed by atoms with E-state index in [2.05, 4.69) is 25.4 Å². The Morgan fingerprint density at radius 3 is 2.74 bits per heavy atom. The number of carbonyl (C=O) groups is 1. The average Bonchev–Trinajstić information content (AvgIpc) is 3.09. The summed E-state index contributed by atoms with van der Waals surface area (Å²) >= 11 is 0. The molecule has 0 aliphatic heterocycles. The van der Waals surface area contributed by atoms with Gasteiger partial charge in [0.15, 0.2) is 5.82 Å². The van der Waals surface area contributed by atoms with Gasteiger partial charge in [-0.25, -0.2) is 14.6 Å². The Balaban J connectivity index is 1.67. The number of ether oxygens (including phenoxy) is 2. The summed E-state index contributed by atoms with van der Waals surface area (Å²) in [7, 11) is 1.66. The third-order valence-corrected chi connectivity index (χ3v) is 5.05. The third-order valence-electron chi connectivity index (χ3n) is 5.05. The van der Waals surface area contributed by atoms with E-state index in [1.54, 1.807) is 13.2 Å². The fourth-order valence-corrected chi connectivity index (χ4v) is 3.35. The molecule has 9 nitrogen and oxygen atoms in total. The Morgan fingerprint density at radius 2 is 2.06 bits per heavy atom. The second-order valence-corrected chi connectivity index (χ2v) is 7.65. The predicted molar refractivity (Wildman–Crippen MR) is 107 cm³/mol. The lowest BCUT2D eigenvalue weighted by Crippen LogP contribution is -2.34. The molecule has 0 aromatic carbocycles. The lowest BCUT2D eigenvalue weighted by atomic mass is 9.83. The molecule has 1 fully saturated rings. The van der Waals surface area contributed by atoms with Gasteiger partial charge in [-0.1, -0.05) is 0 Å². The van der Waals surface area contributed by atoms with Crippen molar-refractivity contribution in [2.24, 2.45) is 5.92 Å². The molecule has 0 spiro atoms. The van der Waals surface area contributed by atoms with Crippen molar-refractivity contribution >= 4 is 22.6 Å². The number of methoxy groups -OCH3 is 1. The van der Waals surface area contributed by atoms with E-state index in [1.807, 2.05) is 0 Å². The molecule has 1 amide bonds. The Morgan fingerprint density at radius 1 is 1.29 bits per heavy atom. The summed E-state index contributed by atoms with van der Waals surface area (Å²) < 4.78 is 40.5. The molecule has 3 aromatic rings. The summed E-state index contributed by atoms with van der Waals surface area (Å²) in [5.74, 6) is -3.45. The quantitative estimate of drug-likeness (QED) is 0.612. The first kappa shape index (κ1) is 21.0. The summed E-state index contributed by atoms with van der Waals surface area (Å²) in [5, 5.41) is 7.49. The Bertz CT molecular complexity index is 1110. The van der Waals surface area contributed by atoms with Crippen LogP contribution in [0.15, 0.2) is 24.5 Å². The molecule has 4 rings (SSSR count). The van der Waals surface area contributed by atoms with Crippen LogP contribution in [0, 0.1) is 5.92 Å². The number of hydrogen-bond donors (Lipinski definition) is 1. The van der Waals surface area contributed by atoms with Crippen LogP contribution >= 0.6 is 0 Å². The zero-order chi connectivity index (χ0) is 22.2. The van der Waals surface area contributed by atoms with Crippen molar-refractivity contribution in [2.45, 2.75) is 38.7 Å². The van der Waals surface area contributed by atoms with Gasteiger partial charge in [0.1, 0.15) is 5.82 Å². The van der Waals surface area contributed by atoms with Crippen LogP contribution < -0.4 is 10.1 Å². The van der Waals surface area contributed by atoms with Gasteiger partial charge in [0.05, 0.1) is 24.4 Å². The van der Waals surface area contributed by atoms with Crippen molar-refractivity contribution in [1.29, 1.82) is 0 Å². The van der Waals surface area contributed by atoms with E-state index in [4.69, 9.17) is 9.47 Å². The maximum Gasteiger partial charge on any atom is 0.304 e. The highest BCUT2D eigenvalue weighted by Crippen LogP contribution is 2.31. The highest BCUT2D eigenvalue weighted by molar-refractivity contribution is 5.90. The minimum atomic E-state index is -3.27. The van der Waals surface area contributed by atoms with Gasteiger partial charge in [0.2, 0.25) is 17.6 Å². The zero-order valence-corrected chi connectivity index (χ0v) is 17.3. The molecular weight excluding hydrogens is 410 g/mol. The first-order valence-electron chi connectivity index (χ1n) is 9.77. The molecule has 3 heterocycles. The van der Waals surface area contributed by atoms with E-state index in [1.165, 1.54) is 30.1 Å². The number of halogens is 2. The molecule has 0 atom stereocenters. The van der Waals surface area contributed by atoms with E-state index in [0.717, 1.165) is 19.8 Å². The molecule has 11 heteroatoms. The van der Waals surface area contributed by atoms with Crippen LogP contribution in [-0.2, 0) is 15.5 Å². The van der Waals surface area contributed by atoms with Crippen molar-refractivity contribution in [2.75, 3.05) is 19.0 Å². The number of amides is 1. The fraction of sp³-hybridized carbons (Fsp3) is 0.450. The van der Waals surface area contributed by atoms with E-state index >= 15 is 0 Å². The number of hydrogen-bond acceptors (Lipinski definition) is 7. The van der Waals surface area contributed by atoms with Gasteiger partial charge in [-0.05, 0) is 18.8 Å². The molecule has 31 heavy (non-hydrogen) atoms. The van der Waals surface area contributed by atoms with E-state index in [-0.39, 0.29) is 29.6 Å². The summed E-state index contributed by atoms with van der Waals surface area (Å²) in [6.07, 6.45) is 4.99. The summed E-state index contributed by atoms with van der Waals surface area (Å²) in [6, 6.07) is 3.06. The van der Waals surface area contributed by atoms with Crippen LogP contribution in [-0.4, -0.2) is 50.5 Å². The van der Waals surface area contributed by atoms with Crippen LogP contribution in [0.3, 0.4) is 0 Å². The number of aromatic nitrogens is 5. The smallest absolute Gasteiger partial charge is 0.304 e. The van der Waals surface area contributed by atoms with Crippen molar-refractivity contribution in [3.63, 3.8) is 0 Å². The lowest BCUT2D eigenvalue weighted by Gasteiger charge is -2.33. The molecular formula is C20H22F2N6O3. The number of anilines is 1. The maximum absolute atomic E-state index is 14.1. The number of fused-ring (bicyclic) bond motifs is 1. The number of carbonyl (C=O) groups excluding carboxylic acids is 1. The minimum absolute atomic E-state index is 0.0437. The Kier molecular flexibility index (Phi) is 5.52. The van der Waals surface area contributed by atoms with Gasteiger partial charge in [0, 0.05) is 44.7 Å². The van der Waals surface area contributed by atoms with Crippen molar-refractivity contribution in [1.82, 2.24) is 24.7 Å². The lowest BCUT2D eigenvalue weighted by molar-refractivity contribution is -0.114. The normalized spacial score (nSPS) is 18.6. The maximum atomic E-state index is 14.1. The van der Waals surface area contributed by atoms with Crippen LogP contribution in [0.1, 0.15) is 32.5 Å². The predicted octanol–water partition coefficient (Wildman–Crippen LogP) is 3.08. The van der Waals surface area contributed by atoms with Crippen molar-refractivity contribution in [3.8, 4) is 11.7 Å². The highest BCUT2D eigenvalue weighted by Gasteiger charge is 2.32. The average molecular weight is 432 g/mol. The molecule has 1 saturated carbocycles. The fourth-order valence-electron chi connectivity index (χ4n) is 3.35. The minimum Gasteiger partial charge on any atom is -0.477 e. The number of alkyl halides is 2. The van der Waals surface area contributed by atoms with Gasteiger partial charge in [0.25, 0.3) is 0 Å². The largest absolute Gasteiger partial charge is 0.477 e. The van der Waals surface area contributed by atoms with Gasteiger partial charge < -0.3 is 14.8 Å². The van der Waals surface area contributed by atoms with E-state index < -0.39 is 11.7 Å². The highest BCUT2D eigenvalue weighted by atomic mass is 19.3. The zero-order valence-electron chi connectivity index (χ0n) is 17.3. The summed E-state index contributed by atoms with van der Waals surface area (Å²) in [5.41, 5.74) is 0.538. The summed E-state index contributed by atoms with van der Waals surface area (Å²) in [6.45, 7) is 2.44. The first-order chi connectivity index (χ1) is 14.7. The second-order valence-electron chi connectivity index (χ2n) is 7.65. The number of nitrogens with one attached hydrogen (secondary N) is 1. The second kappa shape index (κ2) is 8.14. The SMILES string of the molecule is COC1CC(COc2cc(-n3ncc4cnc(NC(C)=O)cc43)nc(C(C)(F)F)n2)C1. The Hall–Kier alpha value is -3.21. The van der Waals surface area contributed by atoms with Gasteiger partial charge in [-0.2, -0.15) is 18.9 Å². The van der Waals surface area contributed by atoms with Crippen LogP contribution in [0.4, 0.5) is 14.6 Å². The molecule has 1 aliphatic carbocycles. The van der Waals surface area contributed by atoms with Gasteiger partial charge >= 0.3 is 5.92 Å². The molecule has 1 aliphatic rings. The van der Waals surface area contributed by atoms with Gasteiger partial charge in [-0.3, -0.25) is 4.79 Å². The number of nitrogens with zero attached hydrogens (tertiary/aromatic N) is 5. The van der Waals surface area contributed by atoms with Crippen molar-refractivity contribution < 1.29 is 23.0 Å². The monoisotopic (exact) mass is 432 g/mol. The number of pyridine rings is 1. The van der Waals surface area contributed by atoms with Crippen LogP contribution in [0.5, 0.6) is 5.88 Å². The summed E-state index contributed by atoms with van der Waals surface area (Å²) in [4.78, 5) is 23.4. The molecule has 0 unspecified atom stereocenters. The first-order valence-corrected chi connectivity index (χ1v) is 9.77. The molecule has 1 N–H and O–H groups in total. The van der Waals surface area contributed by atoms with Crippen LogP contribution in [0.25, 0.3) is 16.7 Å². The standard InChI is InChI=1S/C20H22F2N6O3/c1-11(29)25-16-6-15-13(8-23-16)9-24-28(15)17-7-18(27-19(26-17)20(2,21)22)31-10-12-4-14(5-12)30-3/h6-9,12,14H,4-5,10H2,1-3H3,(H,23,25,29).